The molecular formula is C54H64F3NO6. The van der Waals surface area contributed by atoms with Crippen LogP contribution >= 0.6 is 0 Å². The molecule has 2 saturated carbocycles. The number of alkyl halides is 3. The van der Waals surface area contributed by atoms with E-state index in [-0.39, 0.29) is 48.5 Å². The van der Waals surface area contributed by atoms with Crippen molar-refractivity contribution in [2.75, 3.05) is 6.54 Å². The fourth-order valence-electron chi connectivity index (χ4n) is 10.9. The summed E-state index contributed by atoms with van der Waals surface area (Å²) in [5.74, 6) is -0.00170. The van der Waals surface area contributed by atoms with Crippen LogP contribution in [-0.2, 0) is 17.7 Å². The van der Waals surface area contributed by atoms with Gasteiger partial charge in [-0.05, 0) is 134 Å². The molecular weight excluding hydrogens is 816 g/mol. The lowest BCUT2D eigenvalue weighted by molar-refractivity contribution is -0.274. The van der Waals surface area contributed by atoms with Crippen molar-refractivity contribution in [3.05, 3.63) is 137 Å². The molecule has 4 aliphatic rings. The summed E-state index contributed by atoms with van der Waals surface area (Å²) >= 11 is 0. The number of ether oxygens (including phenoxy) is 2. The van der Waals surface area contributed by atoms with Crippen LogP contribution in [0.15, 0.2) is 109 Å². The van der Waals surface area contributed by atoms with E-state index in [1.165, 1.54) is 29.2 Å². The van der Waals surface area contributed by atoms with Crippen molar-refractivity contribution < 1.29 is 42.4 Å². The molecule has 2 N–H and O–H groups in total. The number of hydrogen-bond acceptors (Lipinski definition) is 6. The minimum atomic E-state index is -4.85. The number of ketones is 1. The van der Waals surface area contributed by atoms with E-state index in [0.717, 1.165) is 47.1 Å². The highest BCUT2D eigenvalue weighted by molar-refractivity contribution is 6.13. The van der Waals surface area contributed by atoms with Crippen molar-refractivity contribution in [3.63, 3.8) is 0 Å². The van der Waals surface area contributed by atoms with E-state index in [2.05, 4.69) is 45.4 Å². The smallest absolute Gasteiger partial charge is 0.446 e. The maximum atomic E-state index is 15.1. The molecule has 4 aromatic rings. The van der Waals surface area contributed by atoms with E-state index >= 15 is 4.79 Å². The molecule has 0 spiro atoms. The predicted octanol–water partition coefficient (Wildman–Crippen LogP) is 12.6. The van der Waals surface area contributed by atoms with Crippen molar-refractivity contribution >= 4 is 11.9 Å². The van der Waals surface area contributed by atoms with E-state index in [9.17, 15) is 28.2 Å². The lowest BCUT2D eigenvalue weighted by atomic mass is 9.64. The molecule has 1 amide bonds. The summed E-state index contributed by atoms with van der Waals surface area (Å²) in [7, 11) is 0. The second-order valence-electron chi connectivity index (χ2n) is 19.5. The zero-order chi connectivity index (χ0) is 45.8. The Morgan fingerprint density at radius 1 is 0.891 bits per heavy atom. The highest BCUT2D eigenvalue weighted by Crippen LogP contribution is 2.59. The van der Waals surface area contributed by atoms with Crippen LogP contribution < -0.4 is 4.74 Å². The highest BCUT2D eigenvalue weighted by atomic mass is 19.4. The zero-order valence-corrected chi connectivity index (χ0v) is 37.9. The van der Waals surface area contributed by atoms with Crippen molar-refractivity contribution in [1.29, 1.82) is 0 Å². The Labute approximate surface area is 376 Å². The second kappa shape index (κ2) is 19.7. The number of carbonyl (C=O) groups is 2. The van der Waals surface area contributed by atoms with Gasteiger partial charge in [0.1, 0.15) is 11.9 Å². The maximum absolute atomic E-state index is 15.1. The summed E-state index contributed by atoms with van der Waals surface area (Å²) in [4.78, 5) is 31.4. The average Bonchev–Trinajstić information content (AvgIpc) is 3.50. The number of nitrogens with zero attached hydrogens (tertiary/aromatic N) is 1. The number of carbonyl (C=O) groups excluding carboxylic acids is 2. The quantitative estimate of drug-likeness (QED) is 0.122. The highest BCUT2D eigenvalue weighted by Gasteiger charge is 2.58. The van der Waals surface area contributed by atoms with Crippen LogP contribution in [0.2, 0.25) is 0 Å². The summed E-state index contributed by atoms with van der Waals surface area (Å²) in [5, 5.41) is 24.5. The van der Waals surface area contributed by atoms with E-state index < -0.39 is 29.6 Å². The molecule has 2 fully saturated rings. The Hall–Kier alpha value is -4.93. The van der Waals surface area contributed by atoms with Crippen molar-refractivity contribution in [1.82, 2.24) is 4.90 Å². The summed E-state index contributed by atoms with van der Waals surface area (Å²) in [6, 6.07) is 28.8. The Bertz CT molecular complexity index is 2270. The molecule has 2 bridgehead atoms. The molecule has 10 heteroatoms. The number of aliphatic hydroxyl groups excluding tert-OH is 1. The van der Waals surface area contributed by atoms with Crippen LogP contribution in [0.3, 0.4) is 0 Å². The van der Waals surface area contributed by atoms with Gasteiger partial charge >= 0.3 is 12.5 Å². The lowest BCUT2D eigenvalue weighted by Crippen LogP contribution is -2.54. The first kappa shape index (κ1) is 47.0. The normalized spacial score (nSPS) is 26.4. The fourth-order valence-corrected chi connectivity index (χ4v) is 10.9. The van der Waals surface area contributed by atoms with Gasteiger partial charge in [-0.15, -0.1) is 13.2 Å². The second-order valence-corrected chi connectivity index (χ2v) is 19.5. The molecule has 4 aliphatic carbocycles. The van der Waals surface area contributed by atoms with E-state index in [1.54, 1.807) is 0 Å². The minimum absolute atomic E-state index is 0.0150. The molecule has 0 unspecified atom stereocenters. The molecule has 8 rings (SSSR count). The predicted molar refractivity (Wildman–Crippen MR) is 244 cm³/mol. The molecule has 0 aliphatic heterocycles. The van der Waals surface area contributed by atoms with Gasteiger partial charge in [0.15, 0.2) is 5.78 Å². The number of amides is 1. The number of halogens is 3. The Kier molecular flexibility index (Phi) is 14.5. The van der Waals surface area contributed by atoms with Gasteiger partial charge < -0.3 is 24.6 Å². The van der Waals surface area contributed by atoms with Crippen molar-refractivity contribution in [3.8, 4) is 16.9 Å². The standard InChI is InChI=1S/C54H64F3NO6/c1-35(2)43-25-18-37(4)30-49(43)63-51(61)58(33-38-19-23-42(24-20-38)64-54(55,56)57)34-53(62)29-27-48-45-26-21-39(31-41(59)22-17-36(3)12-11-28-52(48,53)5)32-47(45)50(60)46-16-10-9-15-44(46)40-13-7-6-8-14-40/h6-10,12-16,19-21,23-24,26,32,35,37,41,43,48-49,59,62H,11,17-18,22,25,27-31,33-34H2,1-5H3/t37-,41-,43+,48-,49-,52-,53+/m0/s1. The van der Waals surface area contributed by atoms with Crippen molar-refractivity contribution in [2.24, 2.45) is 23.2 Å². The van der Waals surface area contributed by atoms with Gasteiger partial charge in [-0.1, -0.05) is 125 Å². The summed E-state index contributed by atoms with van der Waals surface area (Å²) in [5.41, 5.74) is 3.83. The topological polar surface area (TPSA) is 96.3 Å². The van der Waals surface area contributed by atoms with Gasteiger partial charge in [0.25, 0.3) is 0 Å². The first-order chi connectivity index (χ1) is 30.4. The molecule has 0 aromatic heterocycles. The number of fused-ring (bicyclic) bond motifs is 8. The van der Waals surface area contributed by atoms with Gasteiger partial charge in [0, 0.05) is 23.1 Å². The molecule has 342 valence electrons. The number of rotatable bonds is 10. The molecule has 4 aromatic carbocycles. The third-order valence-electron chi connectivity index (χ3n) is 14.6. The van der Waals surface area contributed by atoms with Crippen LogP contribution in [0.1, 0.15) is 131 Å². The van der Waals surface area contributed by atoms with Gasteiger partial charge in [-0.3, -0.25) is 4.79 Å². The summed E-state index contributed by atoms with van der Waals surface area (Å²) < 4.78 is 49.9. The van der Waals surface area contributed by atoms with Crippen LogP contribution in [0.25, 0.3) is 11.1 Å². The maximum Gasteiger partial charge on any atom is 0.573 e. The average molecular weight is 880 g/mol. The van der Waals surface area contributed by atoms with Gasteiger partial charge in [0.2, 0.25) is 0 Å². The lowest BCUT2D eigenvalue weighted by Gasteiger charge is -2.46. The van der Waals surface area contributed by atoms with E-state index in [4.69, 9.17) is 4.74 Å². The Morgan fingerprint density at radius 2 is 1.61 bits per heavy atom. The van der Waals surface area contributed by atoms with Crippen molar-refractivity contribution in [2.45, 2.75) is 135 Å². The molecule has 0 radical (unpaired) electrons. The number of aliphatic hydroxyl groups is 2. The van der Waals surface area contributed by atoms with Gasteiger partial charge in [-0.2, -0.15) is 0 Å². The summed E-state index contributed by atoms with van der Waals surface area (Å²) in [6.07, 6.45) is 2.19. The van der Waals surface area contributed by atoms with Gasteiger partial charge in [0.05, 0.1) is 18.2 Å². The SMILES string of the molecule is CC1=CCC[C@@]2(C)[C@@H](CC[C@@]2(O)CN(Cc2ccc(OC(F)(F)F)cc2)C(=O)O[C@H]2C[C@@H](C)CC[C@@H]2C(C)C)c2ccc(cc2C(=O)c2ccccc2-c2ccccc2)C[C@@H](O)CC1. The van der Waals surface area contributed by atoms with Crippen LogP contribution in [0, 0.1) is 23.2 Å². The Morgan fingerprint density at radius 3 is 2.33 bits per heavy atom. The number of allylic oxidation sites excluding steroid dienone is 2. The summed E-state index contributed by atoms with van der Waals surface area (Å²) in [6.45, 7) is 10.5. The first-order valence-electron chi connectivity index (χ1n) is 23.1. The Balaban J connectivity index is 1.29. The third-order valence-corrected chi connectivity index (χ3v) is 14.6. The number of benzene rings is 4. The molecule has 7 atom stereocenters. The molecule has 0 heterocycles. The first-order valence-corrected chi connectivity index (χ1v) is 23.1. The van der Waals surface area contributed by atoms with Crippen LogP contribution in [-0.4, -0.2) is 57.7 Å². The van der Waals surface area contributed by atoms with Crippen LogP contribution in [0.5, 0.6) is 5.75 Å². The number of hydrogen-bond donors (Lipinski definition) is 2. The largest absolute Gasteiger partial charge is 0.573 e. The van der Waals surface area contributed by atoms with Crippen LogP contribution in [0.4, 0.5) is 18.0 Å². The van der Waals surface area contributed by atoms with E-state index in [0.29, 0.717) is 67.6 Å². The molecule has 64 heavy (non-hydrogen) atoms. The third kappa shape index (κ3) is 10.8. The fraction of sp³-hybridized carbons (Fsp3) is 0.481. The molecule has 7 nitrogen and oxygen atoms in total. The van der Waals surface area contributed by atoms with E-state index in [1.807, 2.05) is 72.8 Å². The zero-order valence-electron chi connectivity index (χ0n) is 37.9. The monoisotopic (exact) mass is 879 g/mol. The molecule has 0 saturated heterocycles. The van der Waals surface area contributed by atoms with Gasteiger partial charge in [-0.25, -0.2) is 4.79 Å². The minimum Gasteiger partial charge on any atom is -0.446 e.